The van der Waals surface area contributed by atoms with E-state index in [4.69, 9.17) is 10.00 Å². The lowest BCUT2D eigenvalue weighted by Crippen LogP contribution is -2.25. The normalized spacial score (nSPS) is 18.0. The van der Waals surface area contributed by atoms with Gasteiger partial charge in [0.2, 0.25) is 5.82 Å². The van der Waals surface area contributed by atoms with Crippen molar-refractivity contribution in [2.24, 2.45) is 5.92 Å². The second-order valence-corrected chi connectivity index (χ2v) is 9.08. The molecule has 0 unspecified atom stereocenters. The number of carbonyl (C=O) groups is 1. The van der Waals surface area contributed by atoms with Crippen molar-refractivity contribution in [1.29, 1.82) is 5.26 Å². The molecule has 0 aliphatic heterocycles. The van der Waals surface area contributed by atoms with Gasteiger partial charge in [0.25, 0.3) is 0 Å². The number of ether oxygens (including phenoxy) is 1. The number of hydrogen-bond acceptors (Lipinski definition) is 3. The molecule has 0 atom stereocenters. The van der Waals surface area contributed by atoms with E-state index in [0.717, 1.165) is 31.4 Å². The molecule has 33 heavy (non-hydrogen) atoms. The molecule has 3 rings (SSSR count). The highest BCUT2D eigenvalue weighted by atomic mass is 19.2. The Kier molecular flexibility index (Phi) is 9.42. The topological polar surface area (TPSA) is 50.1 Å². The Bertz CT molecular complexity index is 957. The monoisotopic (exact) mass is 453 g/mol. The molecule has 0 saturated heterocycles. The van der Waals surface area contributed by atoms with Gasteiger partial charge in [-0.3, -0.25) is 4.79 Å². The summed E-state index contributed by atoms with van der Waals surface area (Å²) in [5.41, 5.74) is 2.27. The first-order valence-corrected chi connectivity index (χ1v) is 12.2. The third-order valence-corrected chi connectivity index (χ3v) is 6.71. The van der Waals surface area contributed by atoms with Gasteiger partial charge in [-0.2, -0.15) is 9.65 Å². The van der Waals surface area contributed by atoms with E-state index >= 15 is 0 Å². The van der Waals surface area contributed by atoms with E-state index in [1.165, 1.54) is 49.7 Å². The summed E-state index contributed by atoms with van der Waals surface area (Å²) in [6.45, 7) is 2.24. The van der Waals surface area contributed by atoms with Gasteiger partial charge in [-0.25, -0.2) is 4.39 Å². The Labute approximate surface area is 195 Å². The number of aryl methyl sites for hydroxylation is 1. The number of hydrogen-bond donors (Lipinski definition) is 0. The first-order chi connectivity index (χ1) is 16.0. The molecule has 3 nitrogen and oxygen atoms in total. The maximum atomic E-state index is 14.0. The van der Waals surface area contributed by atoms with Crippen LogP contribution in [0.1, 0.15) is 93.7 Å². The Morgan fingerprint density at radius 1 is 0.939 bits per heavy atom. The fourth-order valence-corrected chi connectivity index (χ4v) is 4.62. The number of rotatable bonds is 10. The number of carbonyl (C=O) groups excluding carboxylic acids is 1. The molecule has 0 radical (unpaired) electrons. The average molecular weight is 454 g/mol. The minimum Gasteiger partial charge on any atom is -0.423 e. The van der Waals surface area contributed by atoms with Gasteiger partial charge in [-0.1, -0.05) is 63.3 Å². The third-order valence-electron chi connectivity index (χ3n) is 6.71. The lowest BCUT2D eigenvalue weighted by Gasteiger charge is -2.27. The van der Waals surface area contributed by atoms with Crippen LogP contribution in [0.5, 0.6) is 5.75 Å². The standard InChI is InChI=1S/C28H33F2NO2/c1-2-3-4-5-6-7-8-20-9-11-21(12-10-20)22-13-15-23(16-14-22)28(32)33-25-18-17-24(19-31)26(29)27(25)30/h9-12,17-18,22-23H,2-8,13-16H2,1H3. The van der Waals surface area contributed by atoms with Crippen LogP contribution >= 0.6 is 0 Å². The quantitative estimate of drug-likeness (QED) is 0.211. The Morgan fingerprint density at radius 2 is 1.61 bits per heavy atom. The van der Waals surface area contributed by atoms with Crippen LogP contribution in [0.4, 0.5) is 8.78 Å². The second kappa shape index (κ2) is 12.5. The van der Waals surface area contributed by atoms with Gasteiger partial charge in [-0.15, -0.1) is 0 Å². The van der Waals surface area contributed by atoms with Crippen molar-refractivity contribution >= 4 is 5.97 Å². The number of nitrogens with zero attached hydrogens (tertiary/aromatic N) is 1. The molecule has 5 heteroatoms. The zero-order valence-electron chi connectivity index (χ0n) is 19.4. The van der Waals surface area contributed by atoms with Gasteiger partial charge in [0, 0.05) is 0 Å². The number of unbranched alkanes of at least 4 members (excludes halogenated alkanes) is 5. The summed E-state index contributed by atoms with van der Waals surface area (Å²) in [5.74, 6) is -3.50. The van der Waals surface area contributed by atoms with Crippen molar-refractivity contribution in [1.82, 2.24) is 0 Å². The first kappa shape index (κ1) is 24.9. The number of nitriles is 1. The van der Waals surface area contributed by atoms with Crippen molar-refractivity contribution in [3.8, 4) is 11.8 Å². The molecule has 176 valence electrons. The van der Waals surface area contributed by atoms with Gasteiger partial charge >= 0.3 is 5.97 Å². The van der Waals surface area contributed by atoms with E-state index in [1.54, 1.807) is 6.07 Å². The molecule has 1 fully saturated rings. The summed E-state index contributed by atoms with van der Waals surface area (Å²) >= 11 is 0. The van der Waals surface area contributed by atoms with Gasteiger partial charge in [-0.05, 0) is 67.7 Å². The van der Waals surface area contributed by atoms with E-state index < -0.39 is 28.9 Å². The van der Waals surface area contributed by atoms with Crippen LogP contribution in [0.15, 0.2) is 36.4 Å². The largest absolute Gasteiger partial charge is 0.423 e. The molecular formula is C28H33F2NO2. The van der Waals surface area contributed by atoms with Crippen LogP contribution in [0.3, 0.4) is 0 Å². The highest BCUT2D eigenvalue weighted by molar-refractivity contribution is 5.75. The van der Waals surface area contributed by atoms with Crippen molar-refractivity contribution < 1.29 is 18.3 Å². The second-order valence-electron chi connectivity index (χ2n) is 9.08. The van der Waals surface area contributed by atoms with E-state index in [9.17, 15) is 13.6 Å². The molecule has 0 N–H and O–H groups in total. The fraction of sp³-hybridized carbons (Fsp3) is 0.500. The lowest BCUT2D eigenvalue weighted by molar-refractivity contribution is -0.140. The van der Waals surface area contributed by atoms with Gasteiger partial charge in [0.05, 0.1) is 11.5 Å². The van der Waals surface area contributed by atoms with Crippen LogP contribution in [0.2, 0.25) is 0 Å². The van der Waals surface area contributed by atoms with E-state index in [1.807, 2.05) is 0 Å². The Morgan fingerprint density at radius 3 is 2.27 bits per heavy atom. The SMILES string of the molecule is CCCCCCCCc1ccc(C2CCC(C(=O)Oc3ccc(C#N)c(F)c3F)CC2)cc1. The van der Waals surface area contributed by atoms with Crippen molar-refractivity contribution in [2.45, 2.75) is 83.5 Å². The number of halogens is 2. The molecule has 0 heterocycles. The van der Waals surface area contributed by atoms with Crippen LogP contribution < -0.4 is 4.74 Å². The predicted molar refractivity (Wildman–Crippen MR) is 125 cm³/mol. The van der Waals surface area contributed by atoms with Gasteiger partial charge < -0.3 is 4.74 Å². The molecule has 1 aliphatic rings. The number of esters is 1. The lowest BCUT2D eigenvalue weighted by atomic mass is 9.78. The van der Waals surface area contributed by atoms with Crippen LogP contribution in [-0.4, -0.2) is 5.97 Å². The summed E-state index contributed by atoms with van der Waals surface area (Å²) < 4.78 is 32.9. The summed E-state index contributed by atoms with van der Waals surface area (Å²) in [6.07, 6.45) is 12.0. The molecule has 2 aromatic carbocycles. The maximum absolute atomic E-state index is 14.0. The molecule has 0 bridgehead atoms. The predicted octanol–water partition coefficient (Wildman–Crippen LogP) is 7.62. The fourth-order valence-electron chi connectivity index (χ4n) is 4.62. The van der Waals surface area contributed by atoms with Crippen LogP contribution in [0, 0.1) is 28.9 Å². The number of benzene rings is 2. The highest BCUT2D eigenvalue weighted by Crippen LogP contribution is 2.37. The summed E-state index contributed by atoms with van der Waals surface area (Å²) in [7, 11) is 0. The first-order valence-electron chi connectivity index (χ1n) is 12.2. The van der Waals surface area contributed by atoms with Crippen LogP contribution in [0.25, 0.3) is 0 Å². The third kappa shape index (κ3) is 6.87. The van der Waals surface area contributed by atoms with Crippen LogP contribution in [-0.2, 0) is 11.2 Å². The molecule has 0 aromatic heterocycles. The average Bonchev–Trinajstić information content (AvgIpc) is 2.85. The minimum absolute atomic E-state index is 0.327. The van der Waals surface area contributed by atoms with Crippen molar-refractivity contribution in [2.75, 3.05) is 0 Å². The van der Waals surface area contributed by atoms with E-state index in [-0.39, 0.29) is 5.92 Å². The zero-order chi connectivity index (χ0) is 23.6. The molecule has 0 spiro atoms. The Hall–Kier alpha value is -2.74. The minimum atomic E-state index is -1.29. The summed E-state index contributed by atoms with van der Waals surface area (Å²) in [4.78, 5) is 12.5. The van der Waals surface area contributed by atoms with Gasteiger partial charge in [0.15, 0.2) is 11.6 Å². The van der Waals surface area contributed by atoms with Crippen molar-refractivity contribution in [3.05, 3.63) is 64.7 Å². The van der Waals surface area contributed by atoms with E-state index in [0.29, 0.717) is 18.8 Å². The van der Waals surface area contributed by atoms with E-state index in [2.05, 4.69) is 31.2 Å². The zero-order valence-corrected chi connectivity index (χ0v) is 19.4. The smallest absolute Gasteiger partial charge is 0.314 e. The molecule has 1 aliphatic carbocycles. The summed E-state index contributed by atoms with van der Waals surface area (Å²) in [6, 6.07) is 12.7. The summed E-state index contributed by atoms with van der Waals surface area (Å²) in [5, 5.41) is 8.76. The Balaban J connectivity index is 1.45. The molecular weight excluding hydrogens is 420 g/mol. The highest BCUT2D eigenvalue weighted by Gasteiger charge is 2.29. The molecule has 1 saturated carbocycles. The van der Waals surface area contributed by atoms with Crippen molar-refractivity contribution in [3.63, 3.8) is 0 Å². The maximum Gasteiger partial charge on any atom is 0.314 e. The molecule has 2 aromatic rings. The van der Waals surface area contributed by atoms with Gasteiger partial charge in [0.1, 0.15) is 6.07 Å². The molecule has 0 amide bonds.